The van der Waals surface area contributed by atoms with Crippen LogP contribution in [0.5, 0.6) is 5.75 Å². The van der Waals surface area contributed by atoms with Crippen molar-refractivity contribution in [2.75, 3.05) is 6.61 Å². The van der Waals surface area contributed by atoms with Crippen LogP contribution in [0.1, 0.15) is 18.9 Å². The van der Waals surface area contributed by atoms with Gasteiger partial charge in [0, 0.05) is 25.6 Å². The molecule has 3 N–H and O–H groups in total. The normalized spacial score (nSPS) is 11.9. The van der Waals surface area contributed by atoms with E-state index in [1.54, 1.807) is 24.3 Å². The maximum atomic E-state index is 10.9. The van der Waals surface area contributed by atoms with Crippen molar-refractivity contribution < 1.29 is 24.5 Å². The molecule has 6 nitrogen and oxygen atoms in total. The second-order valence-corrected chi connectivity index (χ2v) is 3.99. The molecule has 0 saturated heterocycles. The number of hydrogen-bond acceptors (Lipinski definition) is 5. The molecule has 19 heavy (non-hydrogen) atoms. The summed E-state index contributed by atoms with van der Waals surface area (Å²) in [4.78, 5) is 21.9. The van der Waals surface area contributed by atoms with Crippen molar-refractivity contribution in [3.05, 3.63) is 29.8 Å². The summed E-state index contributed by atoms with van der Waals surface area (Å²) in [7, 11) is 0. The van der Waals surface area contributed by atoms with Crippen LogP contribution in [0.4, 0.5) is 0 Å². The molecule has 0 aliphatic heterocycles. The van der Waals surface area contributed by atoms with Gasteiger partial charge < -0.3 is 20.3 Å². The first-order valence-corrected chi connectivity index (χ1v) is 5.88. The minimum Gasteiger partial charge on any atom is -0.480 e. The molecule has 0 aliphatic rings. The van der Waals surface area contributed by atoms with E-state index < -0.39 is 18.0 Å². The summed E-state index contributed by atoms with van der Waals surface area (Å²) in [5.41, 5.74) is 0.682. The third-order valence-corrected chi connectivity index (χ3v) is 2.48. The van der Waals surface area contributed by atoms with Gasteiger partial charge in [0.25, 0.3) is 0 Å². The average molecular weight is 267 g/mol. The Labute approximate surface area is 111 Å². The average Bonchev–Trinajstić information content (AvgIpc) is 2.35. The largest absolute Gasteiger partial charge is 0.480 e. The third-order valence-electron chi connectivity index (χ3n) is 2.48. The number of aliphatic hydroxyl groups excluding tert-OH is 1. The topological polar surface area (TPSA) is 95.9 Å². The molecule has 0 spiro atoms. The van der Waals surface area contributed by atoms with Crippen LogP contribution >= 0.6 is 0 Å². The lowest BCUT2D eigenvalue weighted by Crippen LogP contribution is -2.37. The summed E-state index contributed by atoms with van der Waals surface area (Å²) in [6.07, 6.45) is 0.116. The zero-order valence-electron chi connectivity index (χ0n) is 10.6. The molecule has 0 amide bonds. The van der Waals surface area contributed by atoms with Crippen LogP contribution in [0.3, 0.4) is 0 Å². The predicted octanol–water partition coefficient (Wildman–Crippen LogP) is 0.537. The molecule has 104 valence electrons. The molecule has 0 fully saturated rings. The van der Waals surface area contributed by atoms with Gasteiger partial charge in [0.1, 0.15) is 11.8 Å². The number of carbonyl (C=O) groups excluding carboxylic acids is 1. The first-order valence-electron chi connectivity index (χ1n) is 5.88. The molecule has 0 aliphatic carbocycles. The summed E-state index contributed by atoms with van der Waals surface area (Å²) >= 11 is 0. The van der Waals surface area contributed by atoms with Gasteiger partial charge in [-0.1, -0.05) is 18.2 Å². The molecule has 6 heteroatoms. The number of rotatable bonds is 7. The van der Waals surface area contributed by atoms with Crippen LogP contribution in [-0.4, -0.2) is 34.8 Å². The Bertz CT molecular complexity index is 446. The number of carboxylic acid groups (broad SMARTS) is 1. The van der Waals surface area contributed by atoms with Gasteiger partial charge in [-0.2, -0.15) is 0 Å². The second kappa shape index (κ2) is 7.50. The summed E-state index contributed by atoms with van der Waals surface area (Å²) in [6, 6.07) is 6.04. The van der Waals surface area contributed by atoms with Crippen LogP contribution in [0, 0.1) is 0 Å². The van der Waals surface area contributed by atoms with Gasteiger partial charge in [-0.05, 0) is 12.5 Å². The minimum atomic E-state index is -1.03. The number of hydrogen-bond donors (Lipinski definition) is 3. The molecular weight excluding hydrogens is 250 g/mol. The van der Waals surface area contributed by atoms with Crippen molar-refractivity contribution in [2.45, 2.75) is 25.9 Å². The number of ether oxygens (including phenoxy) is 1. The van der Waals surface area contributed by atoms with Crippen LogP contribution in [0.2, 0.25) is 0 Å². The smallest absolute Gasteiger partial charge is 0.320 e. The highest BCUT2D eigenvalue weighted by Gasteiger charge is 2.16. The molecule has 0 aromatic heterocycles. The highest BCUT2D eigenvalue weighted by atomic mass is 16.5. The van der Waals surface area contributed by atoms with Crippen molar-refractivity contribution in [1.82, 2.24) is 5.32 Å². The van der Waals surface area contributed by atoms with Crippen molar-refractivity contribution in [3.63, 3.8) is 0 Å². The predicted molar refractivity (Wildman–Crippen MR) is 67.7 cm³/mol. The van der Waals surface area contributed by atoms with Crippen molar-refractivity contribution in [2.24, 2.45) is 0 Å². The zero-order valence-corrected chi connectivity index (χ0v) is 10.6. The Morgan fingerprint density at radius 1 is 1.37 bits per heavy atom. The van der Waals surface area contributed by atoms with E-state index in [9.17, 15) is 9.59 Å². The van der Waals surface area contributed by atoms with Gasteiger partial charge in [0.05, 0.1) is 0 Å². The van der Waals surface area contributed by atoms with Crippen LogP contribution in [0.25, 0.3) is 0 Å². The van der Waals surface area contributed by atoms with Gasteiger partial charge in [-0.3, -0.25) is 9.59 Å². The number of aliphatic carboxylic acids is 1. The van der Waals surface area contributed by atoms with E-state index in [0.29, 0.717) is 11.3 Å². The standard InChI is InChI=1S/C13H17NO5/c1-9(16)19-12-5-3-2-4-10(12)8-14-11(6-7-15)13(17)18/h2-5,11,14-15H,6-8H2,1H3,(H,17,18)/t11-/m0/s1. The maximum absolute atomic E-state index is 10.9. The van der Waals surface area contributed by atoms with Gasteiger partial charge in [-0.25, -0.2) is 0 Å². The van der Waals surface area contributed by atoms with E-state index >= 15 is 0 Å². The third kappa shape index (κ3) is 5.07. The first-order chi connectivity index (χ1) is 9.04. The number of esters is 1. The fourth-order valence-electron chi connectivity index (χ4n) is 1.58. The Hall–Kier alpha value is -1.92. The number of carboxylic acids is 1. The number of nitrogens with one attached hydrogen (secondary N) is 1. The molecule has 0 saturated carbocycles. The van der Waals surface area contributed by atoms with Crippen LogP contribution in [0.15, 0.2) is 24.3 Å². The van der Waals surface area contributed by atoms with Crippen molar-refractivity contribution in [3.8, 4) is 5.75 Å². The summed E-state index contributed by atoms with van der Waals surface area (Å²) in [5, 5.41) is 20.5. The van der Waals surface area contributed by atoms with E-state index in [4.69, 9.17) is 14.9 Å². The molecule has 0 heterocycles. The van der Waals surface area contributed by atoms with E-state index in [2.05, 4.69) is 5.32 Å². The van der Waals surface area contributed by atoms with E-state index in [1.165, 1.54) is 6.92 Å². The van der Waals surface area contributed by atoms with Gasteiger partial charge in [0.2, 0.25) is 0 Å². The molecule has 0 bridgehead atoms. The summed E-state index contributed by atoms with van der Waals surface area (Å²) in [5.74, 6) is -1.06. The fourth-order valence-corrected chi connectivity index (χ4v) is 1.58. The monoisotopic (exact) mass is 267 g/mol. The lowest BCUT2D eigenvalue weighted by Gasteiger charge is -2.14. The summed E-state index contributed by atoms with van der Waals surface area (Å²) < 4.78 is 5.02. The lowest BCUT2D eigenvalue weighted by molar-refractivity contribution is -0.140. The lowest BCUT2D eigenvalue weighted by atomic mass is 10.1. The molecule has 1 rings (SSSR count). The SMILES string of the molecule is CC(=O)Oc1ccccc1CN[C@@H](CCO)C(=O)O. The minimum absolute atomic E-state index is 0.116. The van der Waals surface area contributed by atoms with Crippen molar-refractivity contribution >= 4 is 11.9 Å². The van der Waals surface area contributed by atoms with Crippen molar-refractivity contribution in [1.29, 1.82) is 0 Å². The number of aliphatic hydroxyl groups is 1. The highest BCUT2D eigenvalue weighted by molar-refractivity contribution is 5.73. The molecule has 1 aromatic carbocycles. The van der Waals surface area contributed by atoms with Gasteiger partial charge in [-0.15, -0.1) is 0 Å². The number of carbonyl (C=O) groups is 2. The number of para-hydroxylation sites is 1. The Kier molecular flexibility index (Phi) is 5.98. The Morgan fingerprint density at radius 2 is 2.05 bits per heavy atom. The number of benzene rings is 1. The first kappa shape index (κ1) is 15.1. The van der Waals surface area contributed by atoms with Crippen LogP contribution < -0.4 is 10.1 Å². The zero-order chi connectivity index (χ0) is 14.3. The Morgan fingerprint density at radius 3 is 2.63 bits per heavy atom. The fraction of sp³-hybridized carbons (Fsp3) is 0.385. The van der Waals surface area contributed by atoms with Gasteiger partial charge in [0.15, 0.2) is 0 Å². The molecule has 0 radical (unpaired) electrons. The van der Waals surface area contributed by atoms with Gasteiger partial charge >= 0.3 is 11.9 Å². The van der Waals surface area contributed by atoms with Crippen LogP contribution in [-0.2, 0) is 16.1 Å². The quantitative estimate of drug-likeness (QED) is 0.493. The Balaban J connectivity index is 2.70. The second-order valence-electron chi connectivity index (χ2n) is 3.99. The summed E-state index contributed by atoms with van der Waals surface area (Å²) in [6.45, 7) is 1.33. The molecule has 1 aromatic rings. The molecule has 1 atom stereocenters. The molecule has 0 unspecified atom stereocenters. The van der Waals surface area contributed by atoms with E-state index in [1.807, 2.05) is 0 Å². The van der Waals surface area contributed by atoms with E-state index in [-0.39, 0.29) is 19.6 Å². The maximum Gasteiger partial charge on any atom is 0.320 e. The van der Waals surface area contributed by atoms with E-state index in [0.717, 1.165) is 0 Å². The molecular formula is C13H17NO5. The highest BCUT2D eigenvalue weighted by Crippen LogP contribution is 2.18.